The lowest BCUT2D eigenvalue weighted by Crippen LogP contribution is -2.10. The van der Waals surface area contributed by atoms with E-state index in [9.17, 15) is 4.79 Å². The molecule has 1 unspecified atom stereocenters. The molecule has 3 aromatic rings. The molecule has 1 N–H and O–H groups in total. The molecule has 0 aliphatic heterocycles. The fraction of sp³-hybridized carbons (Fsp3) is 0.360. The van der Waals surface area contributed by atoms with Gasteiger partial charge in [-0.15, -0.1) is 0 Å². The molecule has 0 saturated carbocycles. The molecule has 5 nitrogen and oxygen atoms in total. The van der Waals surface area contributed by atoms with Crippen LogP contribution < -0.4 is 9.47 Å². The first kappa shape index (κ1) is 21.6. The summed E-state index contributed by atoms with van der Waals surface area (Å²) in [6.45, 7) is 10.1. The number of methoxy groups -OCH3 is 1. The average molecular weight is 407 g/mol. The number of nitrogens with one attached hydrogen (secondary N) is 1. The van der Waals surface area contributed by atoms with E-state index in [0.29, 0.717) is 17.9 Å². The molecule has 0 aliphatic rings. The van der Waals surface area contributed by atoms with Crippen LogP contribution >= 0.6 is 0 Å². The van der Waals surface area contributed by atoms with Gasteiger partial charge in [0.05, 0.1) is 13.3 Å². The zero-order chi connectivity index (χ0) is 21.9. The normalized spacial score (nSPS) is 12.5. The zero-order valence-corrected chi connectivity index (χ0v) is 18.6. The molecule has 1 heterocycles. The molecule has 0 fully saturated rings. The number of benzene rings is 2. The monoisotopic (exact) mass is 406 g/mol. The van der Waals surface area contributed by atoms with Crippen LogP contribution in [0.25, 0.3) is 0 Å². The van der Waals surface area contributed by atoms with Crippen molar-refractivity contribution in [3.63, 3.8) is 0 Å². The third-order valence-corrected chi connectivity index (χ3v) is 5.25. The van der Waals surface area contributed by atoms with Crippen LogP contribution in [-0.4, -0.2) is 23.1 Å². The van der Waals surface area contributed by atoms with E-state index < -0.39 is 0 Å². The number of ketones is 1. The number of aromatic amines is 1. The first-order valence-electron chi connectivity index (χ1n) is 10.1. The van der Waals surface area contributed by atoms with Crippen LogP contribution in [0.5, 0.6) is 17.2 Å². The van der Waals surface area contributed by atoms with Crippen LogP contribution in [0.15, 0.2) is 48.7 Å². The number of nitrogens with zero attached hydrogens (tertiary/aromatic N) is 1. The Bertz CT molecular complexity index is 1030. The van der Waals surface area contributed by atoms with Crippen molar-refractivity contribution in [2.75, 3.05) is 7.11 Å². The Hall–Kier alpha value is -3.08. The summed E-state index contributed by atoms with van der Waals surface area (Å²) in [5.74, 6) is 2.06. The highest BCUT2D eigenvalue weighted by Crippen LogP contribution is 2.38. The minimum atomic E-state index is -0.0894. The number of Topliss-reactive ketones (excluding diaryl/α,β-unsaturated/α-hetero) is 1. The Morgan fingerprint density at radius 2 is 1.90 bits per heavy atom. The predicted octanol–water partition coefficient (Wildman–Crippen LogP) is 5.93. The van der Waals surface area contributed by atoms with Gasteiger partial charge in [0.25, 0.3) is 0 Å². The lowest BCUT2D eigenvalue weighted by molar-refractivity contribution is -0.117. The van der Waals surface area contributed by atoms with Gasteiger partial charge in [-0.05, 0) is 54.7 Å². The number of hydrogen-bond acceptors (Lipinski definition) is 4. The van der Waals surface area contributed by atoms with E-state index in [0.717, 1.165) is 22.6 Å². The van der Waals surface area contributed by atoms with Crippen LogP contribution in [0.3, 0.4) is 0 Å². The Morgan fingerprint density at radius 1 is 1.13 bits per heavy atom. The molecule has 5 heteroatoms. The molecule has 0 aliphatic carbocycles. The Labute approximate surface area is 178 Å². The number of aryl methyl sites for hydroxylation is 1. The van der Waals surface area contributed by atoms with Crippen molar-refractivity contribution in [3.8, 4) is 17.2 Å². The standard InChI is InChI=1S/C25H30N2O3/c1-16(28)12-21(22-15-26-27-17(22)2)18-10-11-23(24(13-18)29-6)30-20-9-7-8-19(14-20)25(3,4)5/h7-11,13-15,21H,12H2,1-6H3,(H,26,27). The zero-order valence-electron chi connectivity index (χ0n) is 18.6. The highest BCUT2D eigenvalue weighted by molar-refractivity contribution is 5.77. The Morgan fingerprint density at radius 3 is 2.50 bits per heavy atom. The molecule has 0 bridgehead atoms. The van der Waals surface area contributed by atoms with Crippen molar-refractivity contribution in [3.05, 3.63) is 71.0 Å². The van der Waals surface area contributed by atoms with E-state index >= 15 is 0 Å². The number of carbonyl (C=O) groups is 1. The average Bonchev–Trinajstić information content (AvgIpc) is 3.11. The molecule has 30 heavy (non-hydrogen) atoms. The summed E-state index contributed by atoms with van der Waals surface area (Å²) < 4.78 is 11.8. The van der Waals surface area contributed by atoms with Gasteiger partial charge in [-0.1, -0.05) is 39.0 Å². The highest BCUT2D eigenvalue weighted by atomic mass is 16.5. The van der Waals surface area contributed by atoms with Crippen molar-refractivity contribution in [1.82, 2.24) is 10.2 Å². The highest BCUT2D eigenvalue weighted by Gasteiger charge is 2.22. The molecule has 158 valence electrons. The fourth-order valence-corrected chi connectivity index (χ4v) is 3.54. The number of rotatable bonds is 7. The van der Waals surface area contributed by atoms with Crippen molar-refractivity contribution in [2.45, 2.75) is 52.4 Å². The molecule has 1 atom stereocenters. The summed E-state index contributed by atoms with van der Waals surface area (Å²) >= 11 is 0. The third kappa shape index (κ3) is 4.90. The predicted molar refractivity (Wildman–Crippen MR) is 119 cm³/mol. The maximum atomic E-state index is 11.9. The SMILES string of the molecule is COc1cc(C(CC(C)=O)c2cn[nH]c2C)ccc1Oc1cccc(C(C)(C)C)c1. The molecule has 1 aromatic heterocycles. The second kappa shape index (κ2) is 8.74. The summed E-state index contributed by atoms with van der Waals surface area (Å²) in [5, 5.41) is 7.09. The molecule has 0 radical (unpaired) electrons. The first-order valence-corrected chi connectivity index (χ1v) is 10.1. The van der Waals surface area contributed by atoms with Gasteiger partial charge < -0.3 is 9.47 Å². The van der Waals surface area contributed by atoms with Crippen LogP contribution in [0.1, 0.15) is 62.4 Å². The van der Waals surface area contributed by atoms with Crippen molar-refractivity contribution in [1.29, 1.82) is 0 Å². The number of aromatic nitrogens is 2. The number of H-pyrrole nitrogens is 1. The maximum Gasteiger partial charge on any atom is 0.169 e. The van der Waals surface area contributed by atoms with E-state index in [1.807, 2.05) is 37.3 Å². The summed E-state index contributed by atoms with van der Waals surface area (Å²) in [5.41, 5.74) is 4.20. The van der Waals surface area contributed by atoms with Crippen LogP contribution in [0.4, 0.5) is 0 Å². The minimum Gasteiger partial charge on any atom is -0.493 e. The Balaban J connectivity index is 1.94. The van der Waals surface area contributed by atoms with Crippen LogP contribution in [-0.2, 0) is 10.2 Å². The van der Waals surface area contributed by atoms with E-state index in [1.54, 1.807) is 20.2 Å². The number of ether oxygens (including phenoxy) is 2. The summed E-state index contributed by atoms with van der Waals surface area (Å²) in [7, 11) is 1.63. The lowest BCUT2D eigenvalue weighted by Gasteiger charge is -2.21. The van der Waals surface area contributed by atoms with Crippen LogP contribution in [0.2, 0.25) is 0 Å². The summed E-state index contributed by atoms with van der Waals surface area (Å²) in [4.78, 5) is 11.9. The van der Waals surface area contributed by atoms with Gasteiger partial charge in [0.2, 0.25) is 0 Å². The largest absolute Gasteiger partial charge is 0.493 e. The van der Waals surface area contributed by atoms with Gasteiger partial charge in [-0.3, -0.25) is 9.89 Å². The van der Waals surface area contributed by atoms with Gasteiger partial charge in [-0.2, -0.15) is 5.10 Å². The second-order valence-corrected chi connectivity index (χ2v) is 8.70. The van der Waals surface area contributed by atoms with Gasteiger partial charge in [0.1, 0.15) is 11.5 Å². The summed E-state index contributed by atoms with van der Waals surface area (Å²) in [6.07, 6.45) is 2.19. The van der Waals surface area contributed by atoms with Crippen LogP contribution in [0, 0.1) is 6.92 Å². The maximum absolute atomic E-state index is 11.9. The second-order valence-electron chi connectivity index (χ2n) is 8.70. The van der Waals surface area contributed by atoms with Crippen molar-refractivity contribution in [2.24, 2.45) is 0 Å². The first-order chi connectivity index (χ1) is 14.2. The van der Waals surface area contributed by atoms with Crippen molar-refractivity contribution < 1.29 is 14.3 Å². The molecular formula is C25H30N2O3. The summed E-state index contributed by atoms with van der Waals surface area (Å²) in [6, 6.07) is 13.9. The molecule has 2 aromatic carbocycles. The molecule has 0 amide bonds. The van der Waals surface area contributed by atoms with Gasteiger partial charge in [-0.25, -0.2) is 0 Å². The minimum absolute atomic E-state index is 0.0374. The third-order valence-electron chi connectivity index (χ3n) is 5.25. The van der Waals surface area contributed by atoms with Gasteiger partial charge >= 0.3 is 0 Å². The van der Waals surface area contributed by atoms with Gasteiger partial charge in [0.15, 0.2) is 11.5 Å². The van der Waals surface area contributed by atoms with E-state index in [-0.39, 0.29) is 17.1 Å². The quantitative estimate of drug-likeness (QED) is 0.528. The molecule has 0 saturated heterocycles. The smallest absolute Gasteiger partial charge is 0.169 e. The van der Waals surface area contributed by atoms with E-state index in [1.165, 1.54) is 5.56 Å². The molecule has 3 rings (SSSR count). The number of carbonyl (C=O) groups excluding carboxylic acids is 1. The van der Waals surface area contributed by atoms with Gasteiger partial charge in [0, 0.05) is 23.6 Å². The number of hydrogen-bond donors (Lipinski definition) is 1. The van der Waals surface area contributed by atoms with E-state index in [4.69, 9.17) is 9.47 Å². The lowest BCUT2D eigenvalue weighted by atomic mass is 9.87. The van der Waals surface area contributed by atoms with E-state index in [2.05, 4.69) is 43.1 Å². The molecule has 0 spiro atoms. The molecular weight excluding hydrogens is 376 g/mol. The topological polar surface area (TPSA) is 64.2 Å². The van der Waals surface area contributed by atoms with Crippen molar-refractivity contribution >= 4 is 5.78 Å². The fourth-order valence-electron chi connectivity index (χ4n) is 3.54. The Kier molecular flexibility index (Phi) is 6.30.